The average Bonchev–Trinajstić information content (AvgIpc) is 3.18. The van der Waals surface area contributed by atoms with Crippen LogP contribution < -0.4 is 4.74 Å². The Labute approximate surface area is 169 Å². The molecular weight excluding hydrogens is 368 g/mol. The van der Waals surface area contributed by atoms with Crippen LogP contribution in [0.4, 0.5) is 0 Å². The highest BCUT2D eigenvalue weighted by Gasteiger charge is 2.07. The van der Waals surface area contributed by atoms with Crippen molar-refractivity contribution in [3.8, 4) is 27.4 Å². The summed E-state index contributed by atoms with van der Waals surface area (Å²) < 4.78 is 5.35. The van der Waals surface area contributed by atoms with Gasteiger partial charge in [0.15, 0.2) is 0 Å². The molecule has 3 aromatic rings. The van der Waals surface area contributed by atoms with E-state index in [1.807, 2.05) is 43.3 Å². The molecule has 0 spiro atoms. The number of nitrogens with zero attached hydrogens (tertiary/aromatic N) is 2. The van der Waals surface area contributed by atoms with Gasteiger partial charge in [-0.1, -0.05) is 73.7 Å². The lowest BCUT2D eigenvalue weighted by Gasteiger charge is -2.06. The summed E-state index contributed by atoms with van der Waals surface area (Å²) in [5.41, 5.74) is 3.25. The minimum Gasteiger partial charge on any atom is -0.426 e. The molecule has 0 aliphatic rings. The number of aromatic nitrogens is 2. The first-order valence-electron chi connectivity index (χ1n) is 9.58. The number of hydrogen-bond acceptors (Lipinski definition) is 5. The highest BCUT2D eigenvalue weighted by molar-refractivity contribution is 7.14. The number of carbonyl (C=O) groups is 1. The first kappa shape index (κ1) is 20.0. The first-order chi connectivity index (χ1) is 13.7. The molecule has 0 atom stereocenters. The van der Waals surface area contributed by atoms with Crippen LogP contribution in [0, 0.1) is 0 Å². The van der Waals surface area contributed by atoms with Crippen LogP contribution in [-0.2, 0) is 11.2 Å². The van der Waals surface area contributed by atoms with Crippen molar-refractivity contribution < 1.29 is 9.53 Å². The van der Waals surface area contributed by atoms with Crippen molar-refractivity contribution >= 4 is 17.3 Å². The van der Waals surface area contributed by atoms with Crippen LogP contribution >= 0.6 is 11.3 Å². The second kappa shape index (κ2) is 9.95. The van der Waals surface area contributed by atoms with Crippen molar-refractivity contribution in [2.45, 2.75) is 39.5 Å². The molecule has 144 valence electrons. The summed E-state index contributed by atoms with van der Waals surface area (Å²) in [6.45, 7) is 4.18. The van der Waals surface area contributed by atoms with E-state index in [4.69, 9.17) is 4.74 Å². The van der Waals surface area contributed by atoms with Crippen LogP contribution in [0.2, 0.25) is 0 Å². The fourth-order valence-corrected chi connectivity index (χ4v) is 3.67. The van der Waals surface area contributed by atoms with Crippen molar-refractivity contribution in [1.82, 2.24) is 10.2 Å². The van der Waals surface area contributed by atoms with Gasteiger partial charge in [0.2, 0.25) is 0 Å². The standard InChI is InChI=1S/C23H24N2O2S/c1-3-5-6-8-22(26)27-20-15-13-18(14-16-20)17-9-11-19(12-10-17)23-25-24-21(28-23)7-4-2/h5-6,9-16H,3-4,7-8H2,1-2H3/b6-5-. The minimum atomic E-state index is -0.249. The molecule has 0 saturated carbocycles. The van der Waals surface area contributed by atoms with Gasteiger partial charge in [-0.15, -0.1) is 10.2 Å². The molecule has 0 aliphatic heterocycles. The van der Waals surface area contributed by atoms with Gasteiger partial charge in [-0.2, -0.15) is 0 Å². The predicted octanol–water partition coefficient (Wildman–Crippen LogP) is 6.09. The Morgan fingerprint density at radius 2 is 1.57 bits per heavy atom. The summed E-state index contributed by atoms with van der Waals surface area (Å²) in [4.78, 5) is 11.8. The fourth-order valence-electron chi connectivity index (χ4n) is 2.73. The van der Waals surface area contributed by atoms with Gasteiger partial charge in [-0.05, 0) is 36.1 Å². The molecule has 5 heteroatoms. The second-order valence-electron chi connectivity index (χ2n) is 6.41. The smallest absolute Gasteiger partial charge is 0.315 e. The van der Waals surface area contributed by atoms with E-state index in [9.17, 15) is 4.79 Å². The van der Waals surface area contributed by atoms with E-state index in [1.165, 1.54) is 0 Å². The lowest BCUT2D eigenvalue weighted by atomic mass is 10.0. The number of allylic oxidation sites excluding steroid dienone is 1. The third-order valence-corrected chi connectivity index (χ3v) is 5.20. The molecular formula is C23H24N2O2S. The Morgan fingerprint density at radius 3 is 2.21 bits per heavy atom. The van der Waals surface area contributed by atoms with Gasteiger partial charge in [0.05, 0.1) is 6.42 Å². The van der Waals surface area contributed by atoms with Crippen molar-refractivity contribution in [3.05, 3.63) is 65.7 Å². The molecule has 1 heterocycles. The third-order valence-electron chi connectivity index (χ3n) is 4.17. The van der Waals surface area contributed by atoms with E-state index in [0.717, 1.165) is 46.0 Å². The third kappa shape index (κ3) is 5.36. The Hall–Kier alpha value is -2.79. The lowest BCUT2D eigenvalue weighted by Crippen LogP contribution is -2.05. The van der Waals surface area contributed by atoms with Gasteiger partial charge in [-0.3, -0.25) is 4.79 Å². The van der Waals surface area contributed by atoms with Crippen LogP contribution in [0.15, 0.2) is 60.7 Å². The number of benzene rings is 2. The van der Waals surface area contributed by atoms with Crippen LogP contribution in [0.25, 0.3) is 21.7 Å². The van der Waals surface area contributed by atoms with E-state index in [-0.39, 0.29) is 5.97 Å². The molecule has 0 aliphatic carbocycles. The molecule has 1 aromatic heterocycles. The molecule has 4 nitrogen and oxygen atoms in total. The number of rotatable bonds is 8. The Balaban J connectivity index is 1.65. The summed E-state index contributed by atoms with van der Waals surface area (Å²) in [6, 6.07) is 15.9. The van der Waals surface area contributed by atoms with Crippen LogP contribution in [-0.4, -0.2) is 16.2 Å². The van der Waals surface area contributed by atoms with Crippen LogP contribution in [0.3, 0.4) is 0 Å². The van der Waals surface area contributed by atoms with Crippen molar-refractivity contribution in [2.24, 2.45) is 0 Å². The molecule has 0 radical (unpaired) electrons. The zero-order valence-electron chi connectivity index (χ0n) is 16.2. The van der Waals surface area contributed by atoms with E-state index >= 15 is 0 Å². The first-order valence-corrected chi connectivity index (χ1v) is 10.4. The zero-order chi connectivity index (χ0) is 19.8. The van der Waals surface area contributed by atoms with Gasteiger partial charge in [0, 0.05) is 12.0 Å². The molecule has 0 saturated heterocycles. The number of carbonyl (C=O) groups excluding carboxylic acids is 1. The number of ether oxygens (including phenoxy) is 1. The average molecular weight is 393 g/mol. The molecule has 0 bridgehead atoms. The highest BCUT2D eigenvalue weighted by atomic mass is 32.1. The summed E-state index contributed by atoms with van der Waals surface area (Å²) in [7, 11) is 0. The molecule has 28 heavy (non-hydrogen) atoms. The van der Waals surface area contributed by atoms with Crippen molar-refractivity contribution in [3.63, 3.8) is 0 Å². The maximum absolute atomic E-state index is 11.8. The number of esters is 1. The zero-order valence-corrected chi connectivity index (χ0v) is 17.0. The fraction of sp³-hybridized carbons (Fsp3) is 0.261. The Kier molecular flexibility index (Phi) is 7.09. The topological polar surface area (TPSA) is 52.1 Å². The molecule has 0 amide bonds. The van der Waals surface area contributed by atoms with E-state index in [0.29, 0.717) is 12.2 Å². The predicted molar refractivity (Wildman–Crippen MR) is 114 cm³/mol. The normalized spacial score (nSPS) is 11.1. The van der Waals surface area contributed by atoms with E-state index < -0.39 is 0 Å². The number of aryl methyl sites for hydroxylation is 1. The monoisotopic (exact) mass is 392 g/mol. The van der Waals surface area contributed by atoms with Gasteiger partial charge in [-0.25, -0.2) is 0 Å². The maximum atomic E-state index is 11.8. The highest BCUT2D eigenvalue weighted by Crippen LogP contribution is 2.28. The maximum Gasteiger partial charge on any atom is 0.315 e. The van der Waals surface area contributed by atoms with Gasteiger partial charge < -0.3 is 4.74 Å². The van der Waals surface area contributed by atoms with Crippen LogP contribution in [0.5, 0.6) is 5.75 Å². The van der Waals surface area contributed by atoms with Gasteiger partial charge in [0.25, 0.3) is 0 Å². The molecule has 0 N–H and O–H groups in total. The van der Waals surface area contributed by atoms with E-state index in [1.54, 1.807) is 11.3 Å². The lowest BCUT2D eigenvalue weighted by molar-refractivity contribution is -0.133. The molecule has 3 rings (SSSR count). The molecule has 0 unspecified atom stereocenters. The summed E-state index contributed by atoms with van der Waals surface area (Å²) in [5, 5.41) is 10.6. The molecule has 0 fully saturated rings. The summed E-state index contributed by atoms with van der Waals surface area (Å²) >= 11 is 1.65. The Morgan fingerprint density at radius 1 is 0.929 bits per heavy atom. The van der Waals surface area contributed by atoms with Crippen molar-refractivity contribution in [2.75, 3.05) is 0 Å². The largest absolute Gasteiger partial charge is 0.426 e. The summed E-state index contributed by atoms with van der Waals surface area (Å²) in [6.07, 6.45) is 7.06. The van der Waals surface area contributed by atoms with Crippen LogP contribution in [0.1, 0.15) is 38.1 Å². The van der Waals surface area contributed by atoms with Gasteiger partial charge >= 0.3 is 5.97 Å². The Bertz CT molecular complexity index is 928. The van der Waals surface area contributed by atoms with E-state index in [2.05, 4.69) is 41.4 Å². The summed E-state index contributed by atoms with van der Waals surface area (Å²) in [5.74, 6) is 0.314. The van der Waals surface area contributed by atoms with Gasteiger partial charge in [0.1, 0.15) is 15.8 Å². The van der Waals surface area contributed by atoms with Crippen molar-refractivity contribution in [1.29, 1.82) is 0 Å². The number of hydrogen-bond donors (Lipinski definition) is 0. The SMILES string of the molecule is CC/C=C\CC(=O)Oc1ccc(-c2ccc(-c3nnc(CCC)s3)cc2)cc1. The second-order valence-corrected chi connectivity index (χ2v) is 7.47. The quantitative estimate of drug-likeness (QED) is 0.265. The molecule has 2 aromatic carbocycles. The minimum absolute atomic E-state index is 0.249.